The smallest absolute Gasteiger partial charge is 0.257 e. The van der Waals surface area contributed by atoms with Crippen LogP contribution in [0.4, 0.5) is 0 Å². The summed E-state index contributed by atoms with van der Waals surface area (Å²) in [5, 5.41) is 0. The lowest BCUT2D eigenvalue weighted by atomic mass is 10.00. The molecule has 4 rings (SSSR count). The molecule has 0 aromatic carbocycles. The molecule has 4 heterocycles. The normalized spacial score (nSPS) is 19.6. The number of carbonyl (C=O) groups excluding carboxylic acids is 2. The molecule has 0 bridgehead atoms. The molecule has 0 aliphatic carbocycles. The van der Waals surface area contributed by atoms with Gasteiger partial charge in [0, 0.05) is 37.7 Å². The number of aromatic nitrogens is 3. The van der Waals surface area contributed by atoms with Crippen LogP contribution in [-0.4, -0.2) is 69.4 Å². The number of pyridine rings is 1. The van der Waals surface area contributed by atoms with Gasteiger partial charge in [-0.15, -0.1) is 0 Å². The van der Waals surface area contributed by atoms with Gasteiger partial charge in [0.1, 0.15) is 0 Å². The van der Waals surface area contributed by atoms with Crippen molar-refractivity contribution in [3.8, 4) is 0 Å². The van der Waals surface area contributed by atoms with Crippen LogP contribution in [0.5, 0.6) is 0 Å². The third kappa shape index (κ3) is 4.48. The zero-order valence-electron chi connectivity index (χ0n) is 17.3. The van der Waals surface area contributed by atoms with E-state index in [4.69, 9.17) is 4.74 Å². The van der Waals surface area contributed by atoms with Crippen LogP contribution < -0.4 is 0 Å². The Hall–Kier alpha value is -2.87. The van der Waals surface area contributed by atoms with Gasteiger partial charge in [0.05, 0.1) is 36.9 Å². The van der Waals surface area contributed by atoms with Crippen LogP contribution >= 0.6 is 0 Å². The summed E-state index contributed by atoms with van der Waals surface area (Å²) in [5.74, 6) is 0.585. The molecule has 158 valence electrons. The second-order valence-electron chi connectivity index (χ2n) is 7.73. The molecule has 8 nitrogen and oxygen atoms in total. The van der Waals surface area contributed by atoms with Gasteiger partial charge in [0.25, 0.3) is 5.91 Å². The van der Waals surface area contributed by atoms with E-state index < -0.39 is 0 Å². The second-order valence-corrected chi connectivity index (χ2v) is 7.73. The van der Waals surface area contributed by atoms with Crippen molar-refractivity contribution in [2.45, 2.75) is 38.6 Å². The highest BCUT2D eigenvalue weighted by Crippen LogP contribution is 2.30. The number of hydrogen-bond donors (Lipinski definition) is 0. The molecule has 2 saturated heterocycles. The topological polar surface area (TPSA) is 88.5 Å². The summed E-state index contributed by atoms with van der Waals surface area (Å²) in [6.07, 6.45) is 6.40. The zero-order chi connectivity index (χ0) is 20.9. The molecule has 0 N–H and O–H groups in total. The molecule has 2 amide bonds. The third-order valence-electron chi connectivity index (χ3n) is 5.71. The van der Waals surface area contributed by atoms with Crippen LogP contribution in [0.2, 0.25) is 0 Å². The van der Waals surface area contributed by atoms with E-state index in [0.29, 0.717) is 49.9 Å². The molecule has 0 spiro atoms. The standard InChI is InChI=1S/C22H27N5O3/c1-16-18(22(29)26-10-12-30-13-11-26)15-24-21(25-16)19-7-3-5-9-27(19)20(28)14-17-6-2-4-8-23-17/h2,4,6,8,15,19H,3,5,7,9-14H2,1H3/t19-/m1/s1. The van der Waals surface area contributed by atoms with E-state index in [1.165, 1.54) is 0 Å². The number of hydrogen-bond acceptors (Lipinski definition) is 6. The average Bonchev–Trinajstić information content (AvgIpc) is 2.80. The molecular weight excluding hydrogens is 382 g/mol. The number of carbonyl (C=O) groups is 2. The molecule has 0 radical (unpaired) electrons. The van der Waals surface area contributed by atoms with Gasteiger partial charge in [-0.2, -0.15) is 0 Å². The molecule has 2 aliphatic heterocycles. The quantitative estimate of drug-likeness (QED) is 0.767. The van der Waals surface area contributed by atoms with Crippen molar-refractivity contribution in [1.82, 2.24) is 24.8 Å². The lowest BCUT2D eigenvalue weighted by Gasteiger charge is -2.35. The number of likely N-dealkylation sites (tertiary alicyclic amines) is 1. The van der Waals surface area contributed by atoms with E-state index in [-0.39, 0.29) is 24.3 Å². The highest BCUT2D eigenvalue weighted by molar-refractivity contribution is 5.95. The third-order valence-corrected chi connectivity index (χ3v) is 5.71. The van der Waals surface area contributed by atoms with Crippen molar-refractivity contribution >= 4 is 11.8 Å². The van der Waals surface area contributed by atoms with Crippen molar-refractivity contribution in [2.75, 3.05) is 32.8 Å². The average molecular weight is 409 g/mol. The molecule has 0 unspecified atom stereocenters. The first-order valence-electron chi connectivity index (χ1n) is 10.5. The van der Waals surface area contributed by atoms with Gasteiger partial charge in [-0.25, -0.2) is 9.97 Å². The maximum atomic E-state index is 13.0. The summed E-state index contributed by atoms with van der Waals surface area (Å²) >= 11 is 0. The van der Waals surface area contributed by atoms with Crippen LogP contribution in [0.3, 0.4) is 0 Å². The van der Waals surface area contributed by atoms with Gasteiger partial charge in [0.2, 0.25) is 5.91 Å². The van der Waals surface area contributed by atoms with Gasteiger partial charge in [-0.05, 0) is 38.3 Å². The van der Waals surface area contributed by atoms with Crippen molar-refractivity contribution in [3.05, 3.63) is 53.4 Å². The Bertz CT molecular complexity index is 899. The summed E-state index contributed by atoms with van der Waals surface area (Å²) in [6, 6.07) is 5.43. The summed E-state index contributed by atoms with van der Waals surface area (Å²) in [5.41, 5.74) is 1.93. The summed E-state index contributed by atoms with van der Waals surface area (Å²) in [6.45, 7) is 4.80. The van der Waals surface area contributed by atoms with E-state index in [1.807, 2.05) is 30.0 Å². The predicted molar refractivity (Wildman–Crippen MR) is 110 cm³/mol. The molecule has 2 aromatic rings. The highest BCUT2D eigenvalue weighted by atomic mass is 16.5. The van der Waals surface area contributed by atoms with Gasteiger partial charge < -0.3 is 14.5 Å². The Kier molecular flexibility index (Phi) is 6.32. The monoisotopic (exact) mass is 409 g/mol. The van der Waals surface area contributed by atoms with Crippen LogP contribution in [0.1, 0.15) is 52.9 Å². The minimum absolute atomic E-state index is 0.0353. The summed E-state index contributed by atoms with van der Waals surface area (Å²) in [7, 11) is 0. The lowest BCUT2D eigenvalue weighted by molar-refractivity contribution is -0.134. The Balaban J connectivity index is 1.51. The van der Waals surface area contributed by atoms with Crippen LogP contribution in [-0.2, 0) is 16.0 Å². The molecular formula is C22H27N5O3. The molecule has 2 aromatic heterocycles. The second kappa shape index (κ2) is 9.30. The molecule has 8 heteroatoms. The first kappa shape index (κ1) is 20.4. The molecule has 2 aliphatic rings. The number of rotatable bonds is 4. The molecule has 1 atom stereocenters. The Morgan fingerprint density at radius 2 is 1.97 bits per heavy atom. The highest BCUT2D eigenvalue weighted by Gasteiger charge is 2.31. The molecule has 0 saturated carbocycles. The van der Waals surface area contributed by atoms with Crippen LogP contribution in [0.15, 0.2) is 30.6 Å². The van der Waals surface area contributed by atoms with E-state index >= 15 is 0 Å². The van der Waals surface area contributed by atoms with Gasteiger partial charge in [-0.3, -0.25) is 14.6 Å². The number of amides is 2. The van der Waals surface area contributed by atoms with Gasteiger partial charge in [0.15, 0.2) is 5.82 Å². The maximum absolute atomic E-state index is 13.0. The number of piperidine rings is 1. The van der Waals surface area contributed by atoms with E-state index in [2.05, 4.69) is 15.0 Å². The van der Waals surface area contributed by atoms with Crippen molar-refractivity contribution in [1.29, 1.82) is 0 Å². The minimum atomic E-state index is -0.166. The number of morpholine rings is 1. The van der Waals surface area contributed by atoms with Crippen molar-refractivity contribution < 1.29 is 14.3 Å². The minimum Gasteiger partial charge on any atom is -0.378 e. The van der Waals surface area contributed by atoms with Crippen molar-refractivity contribution in [3.63, 3.8) is 0 Å². The van der Waals surface area contributed by atoms with Gasteiger partial charge in [-0.1, -0.05) is 6.07 Å². The number of ether oxygens (including phenoxy) is 1. The largest absolute Gasteiger partial charge is 0.378 e. The SMILES string of the molecule is Cc1nc([C@H]2CCCCN2C(=O)Cc2ccccn2)ncc1C(=O)N1CCOCC1. The van der Waals surface area contributed by atoms with E-state index in [0.717, 1.165) is 25.0 Å². The summed E-state index contributed by atoms with van der Waals surface area (Å²) < 4.78 is 5.32. The number of nitrogens with zero attached hydrogens (tertiary/aromatic N) is 5. The fourth-order valence-corrected chi connectivity index (χ4v) is 4.05. The maximum Gasteiger partial charge on any atom is 0.257 e. The molecule has 2 fully saturated rings. The Morgan fingerprint density at radius 1 is 1.13 bits per heavy atom. The first-order valence-corrected chi connectivity index (χ1v) is 10.5. The van der Waals surface area contributed by atoms with E-state index in [9.17, 15) is 9.59 Å². The predicted octanol–water partition coefficient (Wildman–Crippen LogP) is 1.95. The lowest BCUT2D eigenvalue weighted by Crippen LogP contribution is -2.41. The fraction of sp³-hybridized carbons (Fsp3) is 0.500. The van der Waals surface area contributed by atoms with E-state index in [1.54, 1.807) is 17.3 Å². The van der Waals surface area contributed by atoms with Crippen molar-refractivity contribution in [2.24, 2.45) is 0 Å². The Morgan fingerprint density at radius 3 is 2.70 bits per heavy atom. The number of aryl methyl sites for hydroxylation is 1. The molecule has 30 heavy (non-hydrogen) atoms. The first-order chi connectivity index (χ1) is 14.6. The zero-order valence-corrected chi connectivity index (χ0v) is 17.3. The van der Waals surface area contributed by atoms with Crippen LogP contribution in [0.25, 0.3) is 0 Å². The fourth-order valence-electron chi connectivity index (χ4n) is 4.05. The Labute approximate surface area is 176 Å². The van der Waals surface area contributed by atoms with Crippen LogP contribution in [0, 0.1) is 6.92 Å². The summed E-state index contributed by atoms with van der Waals surface area (Å²) in [4.78, 5) is 42.9. The van der Waals surface area contributed by atoms with Gasteiger partial charge >= 0.3 is 0 Å².